The molecule has 1 saturated heterocycles. The topological polar surface area (TPSA) is 0 Å². The average Bonchev–Trinajstić information content (AvgIpc) is 3.05. The van der Waals surface area contributed by atoms with E-state index in [1.54, 1.807) is 0 Å². The van der Waals surface area contributed by atoms with Crippen LogP contribution in [0, 0.1) is 0 Å². The zero-order valence-corrected chi connectivity index (χ0v) is 12.5. The summed E-state index contributed by atoms with van der Waals surface area (Å²) in [5.41, 5.74) is 0. The minimum atomic E-state index is 1.00. The van der Waals surface area contributed by atoms with Crippen molar-refractivity contribution in [1.82, 2.24) is 0 Å². The lowest BCUT2D eigenvalue weighted by Gasteiger charge is -2.51. The van der Waals surface area contributed by atoms with E-state index in [-0.39, 0.29) is 0 Å². The third-order valence-electron chi connectivity index (χ3n) is 6.66. The summed E-state index contributed by atoms with van der Waals surface area (Å²) in [7, 11) is 5.10. The van der Waals surface area contributed by atoms with Gasteiger partial charge in [-0.25, -0.2) is 0 Å². The molecule has 2 saturated carbocycles. The third-order valence-corrected chi connectivity index (χ3v) is 6.66. The molecule has 3 fully saturated rings. The molecule has 2 nitrogen and oxygen atoms in total. The number of hydrogen-bond acceptors (Lipinski definition) is 0. The maximum atomic E-state index is 2.55. The number of rotatable bonds is 2. The van der Waals surface area contributed by atoms with Gasteiger partial charge in [0.1, 0.15) is 26.2 Å². The molecule has 0 radical (unpaired) electrons. The summed E-state index contributed by atoms with van der Waals surface area (Å²) in [6, 6.07) is 2.00. The van der Waals surface area contributed by atoms with Crippen molar-refractivity contribution in [2.24, 2.45) is 0 Å². The van der Waals surface area contributed by atoms with E-state index >= 15 is 0 Å². The number of nitrogens with zero attached hydrogens (tertiary/aromatic N) is 2. The molecule has 1 heterocycles. The first kappa shape index (κ1) is 12.9. The monoisotopic (exact) mass is 252 g/mol. The van der Waals surface area contributed by atoms with Crippen molar-refractivity contribution in [1.29, 1.82) is 0 Å². The second-order valence-corrected chi connectivity index (χ2v) is 7.73. The Morgan fingerprint density at radius 3 is 1.11 bits per heavy atom. The maximum Gasteiger partial charge on any atom is 0.129 e. The Kier molecular flexibility index (Phi) is 3.44. The molecular weight excluding hydrogens is 220 g/mol. The first-order valence-electron chi connectivity index (χ1n) is 8.31. The van der Waals surface area contributed by atoms with Crippen molar-refractivity contribution in [2.45, 2.75) is 63.5 Å². The van der Waals surface area contributed by atoms with Crippen LogP contribution in [-0.2, 0) is 0 Å². The molecule has 2 heteroatoms. The predicted octanol–water partition coefficient (Wildman–Crippen LogP) is 2.78. The summed E-state index contributed by atoms with van der Waals surface area (Å²) in [4.78, 5) is 0. The summed E-state index contributed by atoms with van der Waals surface area (Å²) >= 11 is 0. The van der Waals surface area contributed by atoms with E-state index in [0.29, 0.717) is 0 Å². The van der Waals surface area contributed by atoms with E-state index in [4.69, 9.17) is 0 Å². The first-order chi connectivity index (χ1) is 8.62. The van der Waals surface area contributed by atoms with Crippen molar-refractivity contribution in [2.75, 3.05) is 40.3 Å². The molecule has 0 N–H and O–H groups in total. The lowest BCUT2D eigenvalue weighted by atomic mass is 10.1. The molecule has 2 aliphatic carbocycles. The van der Waals surface area contributed by atoms with Gasteiger partial charge in [0.05, 0.1) is 26.2 Å². The van der Waals surface area contributed by atoms with Crippen molar-refractivity contribution in [3.05, 3.63) is 0 Å². The second kappa shape index (κ2) is 4.79. The van der Waals surface area contributed by atoms with Crippen molar-refractivity contribution in [3.63, 3.8) is 0 Å². The molecule has 0 aromatic carbocycles. The summed E-state index contributed by atoms with van der Waals surface area (Å²) in [6.45, 7) is 5.77. The number of hydrogen-bond donors (Lipinski definition) is 0. The molecule has 0 aromatic heterocycles. The predicted molar refractivity (Wildman–Crippen MR) is 76.3 cm³/mol. The molecule has 0 aromatic rings. The van der Waals surface area contributed by atoms with E-state index in [9.17, 15) is 0 Å². The number of likely N-dealkylation sites (N-methyl/N-ethyl adjacent to an activating group) is 2. The second-order valence-electron chi connectivity index (χ2n) is 7.73. The number of quaternary nitrogens is 2. The SMILES string of the molecule is C[N+]1(C2CCCC2)CC[N+](C)(C2CCCC2)CC1. The van der Waals surface area contributed by atoms with E-state index in [1.165, 1.54) is 86.5 Å². The summed E-state index contributed by atoms with van der Waals surface area (Å²) < 4.78 is 2.81. The van der Waals surface area contributed by atoms with Gasteiger partial charge in [0.15, 0.2) is 0 Å². The lowest BCUT2D eigenvalue weighted by Crippen LogP contribution is -2.68. The number of piperazine rings is 1. The van der Waals surface area contributed by atoms with Gasteiger partial charge in [0.2, 0.25) is 0 Å². The molecule has 0 amide bonds. The highest BCUT2D eigenvalue weighted by Gasteiger charge is 2.46. The zero-order chi connectivity index (χ0) is 12.6. The molecule has 104 valence electrons. The van der Waals surface area contributed by atoms with Gasteiger partial charge in [0.25, 0.3) is 0 Å². The van der Waals surface area contributed by atoms with Gasteiger partial charge in [-0.2, -0.15) is 0 Å². The van der Waals surface area contributed by atoms with E-state index in [0.717, 1.165) is 12.1 Å². The molecule has 0 spiro atoms. The fraction of sp³-hybridized carbons (Fsp3) is 1.00. The van der Waals surface area contributed by atoms with Crippen LogP contribution in [0.1, 0.15) is 51.4 Å². The van der Waals surface area contributed by atoms with Gasteiger partial charge in [-0.3, -0.25) is 0 Å². The normalized spacial score (nSPS) is 43.7. The van der Waals surface area contributed by atoms with Crippen LogP contribution >= 0.6 is 0 Å². The molecule has 0 unspecified atom stereocenters. The van der Waals surface area contributed by atoms with Gasteiger partial charge < -0.3 is 8.97 Å². The van der Waals surface area contributed by atoms with Gasteiger partial charge in [-0.1, -0.05) is 0 Å². The van der Waals surface area contributed by atoms with Crippen molar-refractivity contribution >= 4 is 0 Å². The van der Waals surface area contributed by atoms with E-state index in [2.05, 4.69) is 14.1 Å². The highest BCUT2D eigenvalue weighted by Crippen LogP contribution is 2.34. The zero-order valence-electron chi connectivity index (χ0n) is 12.5. The molecular formula is C16H32N2+2. The van der Waals surface area contributed by atoms with Crippen LogP contribution < -0.4 is 0 Å². The molecule has 3 rings (SSSR count). The van der Waals surface area contributed by atoms with Crippen molar-refractivity contribution < 1.29 is 8.97 Å². The Hall–Kier alpha value is -0.0800. The van der Waals surface area contributed by atoms with Crippen LogP contribution in [-0.4, -0.2) is 61.3 Å². The van der Waals surface area contributed by atoms with Gasteiger partial charge in [0, 0.05) is 0 Å². The first-order valence-corrected chi connectivity index (χ1v) is 8.31. The lowest BCUT2D eigenvalue weighted by molar-refractivity contribution is -1.04. The van der Waals surface area contributed by atoms with Crippen LogP contribution in [0.3, 0.4) is 0 Å². The average molecular weight is 252 g/mol. The molecule has 18 heavy (non-hydrogen) atoms. The molecule has 3 aliphatic rings. The fourth-order valence-electron chi connectivity index (χ4n) is 4.92. The van der Waals surface area contributed by atoms with Crippen LogP contribution in [0.15, 0.2) is 0 Å². The standard InChI is InChI=1S/C16H32N2/c1-17(15-7-3-4-8-15)11-13-18(2,14-12-17)16-9-5-6-10-16/h15-16H,3-14H2,1-2H3/q+2. The minimum Gasteiger partial charge on any atom is -0.314 e. The van der Waals surface area contributed by atoms with E-state index in [1.807, 2.05) is 0 Å². The Bertz CT molecular complexity index is 249. The minimum absolute atomic E-state index is 1.00. The van der Waals surface area contributed by atoms with Crippen LogP contribution in [0.25, 0.3) is 0 Å². The highest BCUT2D eigenvalue weighted by molar-refractivity contribution is 4.73. The third kappa shape index (κ3) is 2.22. The smallest absolute Gasteiger partial charge is 0.129 e. The Balaban J connectivity index is 1.62. The van der Waals surface area contributed by atoms with Crippen molar-refractivity contribution in [3.8, 4) is 0 Å². The molecule has 0 atom stereocenters. The van der Waals surface area contributed by atoms with Crippen LogP contribution in [0.2, 0.25) is 0 Å². The van der Waals surface area contributed by atoms with Gasteiger partial charge >= 0.3 is 0 Å². The molecule has 0 bridgehead atoms. The van der Waals surface area contributed by atoms with Crippen LogP contribution in [0.4, 0.5) is 0 Å². The van der Waals surface area contributed by atoms with Gasteiger partial charge in [-0.15, -0.1) is 0 Å². The summed E-state index contributed by atoms with van der Waals surface area (Å²) in [6.07, 6.45) is 12.0. The Morgan fingerprint density at radius 1 is 0.556 bits per heavy atom. The highest BCUT2D eigenvalue weighted by atomic mass is 15.5. The fourth-order valence-corrected chi connectivity index (χ4v) is 4.92. The summed E-state index contributed by atoms with van der Waals surface area (Å²) in [5.74, 6) is 0. The van der Waals surface area contributed by atoms with Gasteiger partial charge in [-0.05, 0) is 51.4 Å². The Morgan fingerprint density at radius 2 is 0.833 bits per heavy atom. The largest absolute Gasteiger partial charge is 0.314 e. The van der Waals surface area contributed by atoms with Crippen LogP contribution in [0.5, 0.6) is 0 Å². The van der Waals surface area contributed by atoms with E-state index < -0.39 is 0 Å². The summed E-state index contributed by atoms with van der Waals surface area (Å²) in [5, 5.41) is 0. The Labute approximate surface area is 113 Å². The molecule has 1 aliphatic heterocycles. The maximum absolute atomic E-state index is 2.55. The quantitative estimate of drug-likeness (QED) is 0.663.